The third-order valence-electron chi connectivity index (χ3n) is 2.50. The lowest BCUT2D eigenvalue weighted by Gasteiger charge is -2.08. The zero-order valence-electron chi connectivity index (χ0n) is 10.4. The SMILES string of the molecule is COc1ccc(OC)c(-c2nc(C)sc2C#N)c1. The van der Waals surface area contributed by atoms with Crippen LogP contribution >= 0.6 is 11.3 Å². The second kappa shape index (κ2) is 5.07. The van der Waals surface area contributed by atoms with Crippen LogP contribution in [-0.2, 0) is 0 Å². The predicted molar refractivity (Wildman–Crippen MR) is 70.1 cm³/mol. The van der Waals surface area contributed by atoms with Gasteiger partial charge in [-0.2, -0.15) is 5.26 Å². The smallest absolute Gasteiger partial charge is 0.133 e. The van der Waals surface area contributed by atoms with Crippen LogP contribution in [-0.4, -0.2) is 19.2 Å². The Kier molecular flexibility index (Phi) is 3.49. The van der Waals surface area contributed by atoms with Gasteiger partial charge in [0, 0.05) is 5.56 Å². The number of aryl methyl sites for hydroxylation is 1. The molecule has 0 aliphatic heterocycles. The molecule has 1 aromatic carbocycles. The van der Waals surface area contributed by atoms with Crippen molar-refractivity contribution in [2.45, 2.75) is 6.92 Å². The lowest BCUT2D eigenvalue weighted by atomic mass is 10.1. The van der Waals surface area contributed by atoms with Crippen molar-refractivity contribution in [1.82, 2.24) is 4.98 Å². The van der Waals surface area contributed by atoms with E-state index in [2.05, 4.69) is 11.1 Å². The highest BCUT2D eigenvalue weighted by atomic mass is 32.1. The van der Waals surface area contributed by atoms with E-state index in [1.165, 1.54) is 11.3 Å². The first-order chi connectivity index (χ1) is 8.69. The fourth-order valence-electron chi connectivity index (χ4n) is 1.68. The van der Waals surface area contributed by atoms with Gasteiger partial charge in [-0.3, -0.25) is 0 Å². The molecule has 0 unspecified atom stereocenters. The summed E-state index contributed by atoms with van der Waals surface area (Å²) in [5, 5.41) is 9.98. The highest BCUT2D eigenvalue weighted by Crippen LogP contribution is 2.36. The van der Waals surface area contributed by atoms with Crippen molar-refractivity contribution in [3.63, 3.8) is 0 Å². The number of rotatable bonds is 3. The molecule has 1 heterocycles. The van der Waals surface area contributed by atoms with Crippen molar-refractivity contribution in [3.8, 4) is 28.8 Å². The first-order valence-corrected chi connectivity index (χ1v) is 6.11. The average molecular weight is 260 g/mol. The molecule has 2 aromatic rings. The lowest BCUT2D eigenvalue weighted by molar-refractivity contribution is 0.404. The van der Waals surface area contributed by atoms with Crippen LogP contribution in [0.3, 0.4) is 0 Å². The van der Waals surface area contributed by atoms with Gasteiger partial charge in [-0.1, -0.05) is 0 Å². The Balaban J connectivity index is 2.64. The quantitative estimate of drug-likeness (QED) is 0.851. The molecule has 0 fully saturated rings. The number of nitriles is 1. The van der Waals surface area contributed by atoms with Crippen LogP contribution in [0.15, 0.2) is 18.2 Å². The Hall–Kier alpha value is -2.06. The number of thiazole rings is 1. The van der Waals surface area contributed by atoms with Crippen LogP contribution in [0.1, 0.15) is 9.88 Å². The van der Waals surface area contributed by atoms with E-state index < -0.39 is 0 Å². The van der Waals surface area contributed by atoms with Crippen molar-refractivity contribution < 1.29 is 9.47 Å². The van der Waals surface area contributed by atoms with E-state index in [-0.39, 0.29) is 0 Å². The molecule has 0 spiro atoms. The third-order valence-corrected chi connectivity index (χ3v) is 3.37. The summed E-state index contributed by atoms with van der Waals surface area (Å²) in [6.45, 7) is 1.88. The summed E-state index contributed by atoms with van der Waals surface area (Å²) in [5.74, 6) is 1.39. The van der Waals surface area contributed by atoms with Gasteiger partial charge in [0.1, 0.15) is 28.1 Å². The van der Waals surface area contributed by atoms with E-state index in [1.54, 1.807) is 14.2 Å². The van der Waals surface area contributed by atoms with Crippen LogP contribution in [0.5, 0.6) is 11.5 Å². The molecule has 0 saturated heterocycles. The fourth-order valence-corrected chi connectivity index (χ4v) is 2.41. The van der Waals surface area contributed by atoms with E-state index in [1.807, 2.05) is 25.1 Å². The summed E-state index contributed by atoms with van der Waals surface area (Å²) >= 11 is 1.37. The first-order valence-electron chi connectivity index (χ1n) is 5.29. The highest BCUT2D eigenvalue weighted by molar-refractivity contribution is 7.12. The Morgan fingerprint density at radius 2 is 2.06 bits per heavy atom. The van der Waals surface area contributed by atoms with E-state index in [4.69, 9.17) is 14.7 Å². The minimum atomic E-state index is 0.582. The maximum Gasteiger partial charge on any atom is 0.133 e. The number of nitrogens with zero attached hydrogens (tertiary/aromatic N) is 2. The van der Waals surface area contributed by atoms with Crippen LogP contribution in [0, 0.1) is 18.3 Å². The molecule has 0 atom stereocenters. The first kappa shape index (κ1) is 12.4. The molecule has 0 aliphatic rings. The molecule has 0 radical (unpaired) electrons. The third kappa shape index (κ3) is 2.15. The summed E-state index contributed by atoms with van der Waals surface area (Å²) in [6.07, 6.45) is 0. The van der Waals surface area contributed by atoms with E-state index in [0.29, 0.717) is 22.1 Å². The monoisotopic (exact) mass is 260 g/mol. The van der Waals surface area contributed by atoms with Gasteiger partial charge in [0.2, 0.25) is 0 Å². The van der Waals surface area contributed by atoms with Gasteiger partial charge in [-0.15, -0.1) is 11.3 Å². The molecule has 0 saturated carbocycles. The van der Waals surface area contributed by atoms with E-state index in [0.717, 1.165) is 10.6 Å². The number of hydrogen-bond donors (Lipinski definition) is 0. The summed E-state index contributed by atoms with van der Waals surface area (Å²) < 4.78 is 10.5. The molecule has 0 bridgehead atoms. The average Bonchev–Trinajstić information content (AvgIpc) is 2.79. The van der Waals surface area contributed by atoms with Crippen LogP contribution in [0.4, 0.5) is 0 Å². The standard InChI is InChI=1S/C13H12N2O2S/c1-8-15-13(12(7-14)18-8)10-6-9(16-2)4-5-11(10)17-3/h4-6H,1-3H3. The van der Waals surface area contributed by atoms with Crippen molar-refractivity contribution in [3.05, 3.63) is 28.1 Å². The zero-order chi connectivity index (χ0) is 13.1. The van der Waals surface area contributed by atoms with Gasteiger partial charge in [-0.05, 0) is 25.1 Å². The molecule has 0 aliphatic carbocycles. The lowest BCUT2D eigenvalue weighted by Crippen LogP contribution is -1.91. The van der Waals surface area contributed by atoms with Crippen LogP contribution in [0.2, 0.25) is 0 Å². The van der Waals surface area contributed by atoms with Crippen LogP contribution in [0.25, 0.3) is 11.3 Å². The number of benzene rings is 1. The minimum absolute atomic E-state index is 0.582. The predicted octanol–water partition coefficient (Wildman–Crippen LogP) is 3.01. The molecule has 0 N–H and O–H groups in total. The van der Waals surface area contributed by atoms with Gasteiger partial charge >= 0.3 is 0 Å². The van der Waals surface area contributed by atoms with E-state index >= 15 is 0 Å². The molecule has 1 aromatic heterocycles. The normalized spacial score (nSPS) is 9.89. The molecule has 18 heavy (non-hydrogen) atoms. The second-order valence-corrected chi connectivity index (χ2v) is 4.79. The van der Waals surface area contributed by atoms with Gasteiger partial charge < -0.3 is 9.47 Å². The number of aromatic nitrogens is 1. The minimum Gasteiger partial charge on any atom is -0.497 e. The Bertz CT molecular complexity index is 614. The largest absolute Gasteiger partial charge is 0.497 e. The zero-order valence-corrected chi connectivity index (χ0v) is 11.2. The Morgan fingerprint density at radius 1 is 1.28 bits per heavy atom. The van der Waals surface area contributed by atoms with Crippen molar-refractivity contribution >= 4 is 11.3 Å². The summed E-state index contributed by atoms with van der Waals surface area (Å²) in [6, 6.07) is 7.61. The maximum atomic E-state index is 9.13. The molecular formula is C13H12N2O2S. The molecule has 4 nitrogen and oxygen atoms in total. The summed E-state index contributed by atoms with van der Waals surface area (Å²) in [5.41, 5.74) is 1.42. The Labute approximate surface area is 109 Å². The second-order valence-electron chi connectivity index (χ2n) is 3.59. The van der Waals surface area contributed by atoms with Gasteiger partial charge in [0.05, 0.1) is 19.2 Å². The molecular weight excluding hydrogens is 248 g/mol. The van der Waals surface area contributed by atoms with E-state index in [9.17, 15) is 0 Å². The summed E-state index contributed by atoms with van der Waals surface area (Å²) in [4.78, 5) is 4.98. The topological polar surface area (TPSA) is 55.1 Å². The summed E-state index contributed by atoms with van der Waals surface area (Å²) in [7, 11) is 3.19. The van der Waals surface area contributed by atoms with Crippen molar-refractivity contribution in [2.24, 2.45) is 0 Å². The van der Waals surface area contributed by atoms with Gasteiger partial charge in [-0.25, -0.2) is 4.98 Å². The van der Waals surface area contributed by atoms with Crippen molar-refractivity contribution in [1.29, 1.82) is 5.26 Å². The van der Waals surface area contributed by atoms with Crippen LogP contribution < -0.4 is 9.47 Å². The highest BCUT2D eigenvalue weighted by Gasteiger charge is 2.16. The molecule has 92 valence electrons. The number of hydrogen-bond acceptors (Lipinski definition) is 5. The molecule has 5 heteroatoms. The molecule has 2 rings (SSSR count). The van der Waals surface area contributed by atoms with Crippen molar-refractivity contribution in [2.75, 3.05) is 14.2 Å². The fraction of sp³-hybridized carbons (Fsp3) is 0.231. The molecule has 0 amide bonds. The van der Waals surface area contributed by atoms with Gasteiger partial charge in [0.25, 0.3) is 0 Å². The maximum absolute atomic E-state index is 9.13. The number of ether oxygens (including phenoxy) is 2. The van der Waals surface area contributed by atoms with Gasteiger partial charge in [0.15, 0.2) is 0 Å². The number of methoxy groups -OCH3 is 2. The Morgan fingerprint density at radius 3 is 2.67 bits per heavy atom.